The maximum atomic E-state index is 5.44. The first-order valence-electron chi connectivity index (χ1n) is 2.19. The number of hydrogen-bond acceptors (Lipinski definition) is 2. The van der Waals surface area contributed by atoms with E-state index in [1.807, 2.05) is 0 Å². The molecule has 0 aliphatic rings. The molecule has 1 atom stereocenters. The van der Waals surface area contributed by atoms with Crippen LogP contribution in [0, 0.1) is 0 Å². The summed E-state index contributed by atoms with van der Waals surface area (Å²) >= 11 is 5.44. The summed E-state index contributed by atoms with van der Waals surface area (Å²) in [6.45, 7) is 0. The van der Waals surface area contributed by atoms with Crippen LogP contribution in [0.2, 0.25) is 0 Å². The molecule has 0 aliphatic heterocycles. The van der Waals surface area contributed by atoms with Crippen molar-refractivity contribution in [1.82, 2.24) is 9.97 Å². The lowest BCUT2D eigenvalue weighted by molar-refractivity contribution is 0.967. The van der Waals surface area contributed by atoms with E-state index in [1.54, 1.807) is 6.20 Å². The standard InChI is InChI=1S/C4H6ClN3/c5-4(6)3-1-7-2-8-3/h1-2,4H,6H2,(H,7,8). The monoisotopic (exact) mass is 131 g/mol. The van der Waals surface area contributed by atoms with Gasteiger partial charge in [0.2, 0.25) is 0 Å². The molecule has 1 rings (SSSR count). The van der Waals surface area contributed by atoms with Crippen LogP contribution in [0.4, 0.5) is 0 Å². The molecular formula is C4H6ClN3. The Balaban J connectivity index is 2.77. The Morgan fingerprint density at radius 3 is 2.88 bits per heavy atom. The van der Waals surface area contributed by atoms with Crippen LogP contribution in [0.25, 0.3) is 0 Å². The zero-order chi connectivity index (χ0) is 5.98. The van der Waals surface area contributed by atoms with Crippen LogP contribution in [0.5, 0.6) is 0 Å². The summed E-state index contributed by atoms with van der Waals surface area (Å²) in [5.41, 5.74) is 5.43. The van der Waals surface area contributed by atoms with Gasteiger partial charge in [-0.25, -0.2) is 4.98 Å². The summed E-state index contributed by atoms with van der Waals surface area (Å²) in [7, 11) is 0. The molecule has 44 valence electrons. The van der Waals surface area contributed by atoms with E-state index in [1.165, 1.54) is 6.33 Å². The van der Waals surface area contributed by atoms with Gasteiger partial charge in [0.1, 0.15) is 5.50 Å². The number of halogens is 1. The molecule has 1 aromatic rings. The number of nitrogens with zero attached hydrogens (tertiary/aromatic N) is 1. The molecule has 0 amide bonds. The third-order valence-electron chi connectivity index (χ3n) is 0.802. The normalized spacial score (nSPS) is 13.8. The number of nitrogens with two attached hydrogens (primary N) is 1. The van der Waals surface area contributed by atoms with Crippen molar-refractivity contribution in [3.05, 3.63) is 18.2 Å². The fraction of sp³-hybridized carbons (Fsp3) is 0.250. The lowest BCUT2D eigenvalue weighted by atomic mass is 10.5. The first-order valence-corrected chi connectivity index (χ1v) is 2.62. The molecule has 0 saturated heterocycles. The molecular weight excluding hydrogens is 126 g/mol. The van der Waals surface area contributed by atoms with Gasteiger partial charge in [0, 0.05) is 6.20 Å². The predicted octanol–water partition coefficient (Wildman–Crippen LogP) is 0.606. The Hall–Kier alpha value is -0.540. The van der Waals surface area contributed by atoms with Crippen molar-refractivity contribution in [2.24, 2.45) is 5.73 Å². The Kier molecular flexibility index (Phi) is 1.50. The van der Waals surface area contributed by atoms with Gasteiger partial charge in [0.15, 0.2) is 0 Å². The van der Waals surface area contributed by atoms with Gasteiger partial charge in [-0.05, 0) is 0 Å². The van der Waals surface area contributed by atoms with E-state index in [-0.39, 0.29) is 0 Å². The van der Waals surface area contributed by atoms with Gasteiger partial charge in [0.05, 0.1) is 12.0 Å². The van der Waals surface area contributed by atoms with Gasteiger partial charge >= 0.3 is 0 Å². The van der Waals surface area contributed by atoms with Gasteiger partial charge < -0.3 is 10.7 Å². The topological polar surface area (TPSA) is 54.7 Å². The van der Waals surface area contributed by atoms with E-state index < -0.39 is 5.50 Å². The van der Waals surface area contributed by atoms with Crippen LogP contribution < -0.4 is 5.73 Å². The fourth-order valence-electron chi connectivity index (χ4n) is 0.423. The Labute approximate surface area is 51.9 Å². The summed E-state index contributed by atoms with van der Waals surface area (Å²) in [5.74, 6) is 0. The SMILES string of the molecule is NC(Cl)c1c[nH]cn1. The highest BCUT2D eigenvalue weighted by Crippen LogP contribution is 2.07. The lowest BCUT2D eigenvalue weighted by Crippen LogP contribution is -2.01. The van der Waals surface area contributed by atoms with Crippen LogP contribution in [-0.4, -0.2) is 9.97 Å². The van der Waals surface area contributed by atoms with Crippen LogP contribution in [0.15, 0.2) is 12.5 Å². The maximum absolute atomic E-state index is 5.44. The first-order chi connectivity index (χ1) is 3.80. The van der Waals surface area contributed by atoms with Crippen molar-refractivity contribution < 1.29 is 0 Å². The number of imidazole rings is 1. The molecule has 0 fully saturated rings. The number of aromatic nitrogens is 2. The molecule has 4 heteroatoms. The molecule has 0 saturated carbocycles. The van der Waals surface area contributed by atoms with E-state index in [0.29, 0.717) is 5.69 Å². The zero-order valence-corrected chi connectivity index (χ0v) is 4.89. The maximum Gasteiger partial charge on any atom is 0.124 e. The summed E-state index contributed by atoms with van der Waals surface area (Å²) in [5, 5.41) is 0. The molecule has 0 radical (unpaired) electrons. The molecule has 0 spiro atoms. The Bertz CT molecular complexity index is 146. The van der Waals surface area contributed by atoms with Gasteiger partial charge in [0.25, 0.3) is 0 Å². The Morgan fingerprint density at radius 2 is 2.62 bits per heavy atom. The average Bonchev–Trinajstić information content (AvgIpc) is 2.12. The molecule has 0 aliphatic carbocycles. The smallest absolute Gasteiger partial charge is 0.124 e. The largest absolute Gasteiger partial charge is 0.351 e. The second kappa shape index (κ2) is 2.15. The lowest BCUT2D eigenvalue weighted by Gasteiger charge is -1.92. The molecule has 3 N–H and O–H groups in total. The molecule has 3 nitrogen and oxygen atoms in total. The van der Waals surface area contributed by atoms with E-state index in [0.717, 1.165) is 0 Å². The van der Waals surface area contributed by atoms with Crippen LogP contribution in [-0.2, 0) is 0 Å². The van der Waals surface area contributed by atoms with E-state index in [9.17, 15) is 0 Å². The average molecular weight is 132 g/mol. The summed E-state index contributed by atoms with van der Waals surface area (Å²) in [6, 6.07) is 0. The Morgan fingerprint density at radius 1 is 1.88 bits per heavy atom. The van der Waals surface area contributed by atoms with Crippen molar-refractivity contribution >= 4 is 11.6 Å². The number of hydrogen-bond donors (Lipinski definition) is 2. The summed E-state index contributed by atoms with van der Waals surface area (Å²) in [4.78, 5) is 6.54. The molecule has 0 bridgehead atoms. The first kappa shape index (κ1) is 5.59. The zero-order valence-electron chi connectivity index (χ0n) is 4.13. The fourth-order valence-corrected chi connectivity index (χ4v) is 0.542. The second-order valence-electron chi connectivity index (χ2n) is 1.40. The number of aromatic amines is 1. The minimum Gasteiger partial charge on any atom is -0.351 e. The van der Waals surface area contributed by atoms with Crippen molar-refractivity contribution in [3.63, 3.8) is 0 Å². The number of alkyl halides is 1. The van der Waals surface area contributed by atoms with E-state index in [4.69, 9.17) is 17.3 Å². The number of H-pyrrole nitrogens is 1. The third kappa shape index (κ3) is 0.993. The number of nitrogens with one attached hydrogen (secondary N) is 1. The molecule has 0 aromatic carbocycles. The van der Waals surface area contributed by atoms with Crippen molar-refractivity contribution in [3.8, 4) is 0 Å². The van der Waals surface area contributed by atoms with Gasteiger partial charge in [-0.1, -0.05) is 11.6 Å². The van der Waals surface area contributed by atoms with Gasteiger partial charge in [-0.3, -0.25) is 0 Å². The minimum atomic E-state index is -0.485. The van der Waals surface area contributed by atoms with Gasteiger partial charge in [-0.2, -0.15) is 0 Å². The predicted molar refractivity (Wildman–Crippen MR) is 31.4 cm³/mol. The number of rotatable bonds is 1. The van der Waals surface area contributed by atoms with Crippen molar-refractivity contribution in [2.45, 2.75) is 5.50 Å². The summed E-state index contributed by atoms with van der Waals surface area (Å²) < 4.78 is 0. The highest BCUT2D eigenvalue weighted by atomic mass is 35.5. The highest BCUT2D eigenvalue weighted by molar-refractivity contribution is 6.20. The van der Waals surface area contributed by atoms with Crippen LogP contribution in [0.1, 0.15) is 11.2 Å². The minimum absolute atomic E-state index is 0.485. The second-order valence-corrected chi connectivity index (χ2v) is 1.87. The van der Waals surface area contributed by atoms with E-state index in [2.05, 4.69) is 9.97 Å². The van der Waals surface area contributed by atoms with Crippen LogP contribution >= 0.6 is 11.6 Å². The molecule has 1 unspecified atom stereocenters. The van der Waals surface area contributed by atoms with E-state index >= 15 is 0 Å². The van der Waals surface area contributed by atoms with Crippen molar-refractivity contribution in [2.75, 3.05) is 0 Å². The van der Waals surface area contributed by atoms with Gasteiger partial charge in [-0.15, -0.1) is 0 Å². The summed E-state index contributed by atoms with van der Waals surface area (Å²) in [6.07, 6.45) is 3.20. The highest BCUT2D eigenvalue weighted by Gasteiger charge is 1.99. The quantitative estimate of drug-likeness (QED) is 0.433. The van der Waals surface area contributed by atoms with Crippen molar-refractivity contribution in [1.29, 1.82) is 0 Å². The molecule has 1 aromatic heterocycles. The van der Waals surface area contributed by atoms with Crippen LogP contribution in [0.3, 0.4) is 0 Å². The third-order valence-corrected chi connectivity index (χ3v) is 1.03. The molecule has 1 heterocycles. The molecule has 8 heavy (non-hydrogen) atoms.